The van der Waals surface area contributed by atoms with E-state index in [0.29, 0.717) is 23.8 Å². The number of halogens is 1. The zero-order chi connectivity index (χ0) is 12.0. The maximum absolute atomic E-state index is 13.9. The molecule has 1 aromatic carbocycles. The van der Waals surface area contributed by atoms with Crippen LogP contribution in [0.25, 0.3) is 0 Å². The van der Waals surface area contributed by atoms with E-state index in [-0.39, 0.29) is 5.75 Å². The Labute approximate surface area is 95.4 Å². The molecule has 0 saturated carbocycles. The van der Waals surface area contributed by atoms with Crippen molar-refractivity contribution in [3.8, 4) is 5.75 Å². The van der Waals surface area contributed by atoms with Crippen molar-refractivity contribution in [2.24, 2.45) is 0 Å². The van der Waals surface area contributed by atoms with Gasteiger partial charge in [0, 0.05) is 11.1 Å². The van der Waals surface area contributed by atoms with Crippen LogP contribution in [0.4, 0.5) is 4.39 Å². The van der Waals surface area contributed by atoms with Crippen molar-refractivity contribution in [2.45, 2.75) is 32.6 Å². The minimum atomic E-state index is -0.400. The van der Waals surface area contributed by atoms with Gasteiger partial charge >= 0.3 is 0 Å². The molecular formula is C13H17FO2. The van der Waals surface area contributed by atoms with E-state index in [4.69, 9.17) is 4.74 Å². The highest BCUT2D eigenvalue weighted by molar-refractivity contribution is 5.77. The number of rotatable bonds is 6. The normalized spacial score (nSPS) is 10.2. The molecule has 0 amide bonds. The molecule has 88 valence electrons. The summed E-state index contributed by atoms with van der Waals surface area (Å²) in [6.45, 7) is 2.09. The lowest BCUT2D eigenvalue weighted by Crippen LogP contribution is -2.00. The molecule has 16 heavy (non-hydrogen) atoms. The molecule has 1 aromatic rings. The van der Waals surface area contributed by atoms with Crippen LogP contribution in [0.5, 0.6) is 5.75 Å². The molecule has 2 nitrogen and oxygen atoms in total. The molecule has 0 radical (unpaired) electrons. The number of carbonyl (C=O) groups is 1. The quantitative estimate of drug-likeness (QED) is 0.547. The van der Waals surface area contributed by atoms with Crippen LogP contribution in [0, 0.1) is 5.82 Å². The van der Waals surface area contributed by atoms with Gasteiger partial charge in [-0.05, 0) is 25.0 Å². The Morgan fingerprint density at radius 2 is 2.12 bits per heavy atom. The van der Waals surface area contributed by atoms with Gasteiger partial charge in [-0.2, -0.15) is 0 Å². The van der Waals surface area contributed by atoms with Gasteiger partial charge in [0.2, 0.25) is 0 Å². The smallest absolute Gasteiger partial charge is 0.168 e. The first-order valence-corrected chi connectivity index (χ1v) is 5.55. The van der Waals surface area contributed by atoms with Crippen molar-refractivity contribution < 1.29 is 13.9 Å². The maximum atomic E-state index is 13.9. The summed E-state index contributed by atoms with van der Waals surface area (Å²) in [4.78, 5) is 10.8. The fourth-order valence-electron chi connectivity index (χ4n) is 1.69. The molecule has 0 aliphatic heterocycles. The Morgan fingerprint density at radius 3 is 2.69 bits per heavy atom. The highest BCUT2D eigenvalue weighted by atomic mass is 19.1. The first kappa shape index (κ1) is 12.7. The van der Waals surface area contributed by atoms with E-state index in [2.05, 4.69) is 6.92 Å². The van der Waals surface area contributed by atoms with Gasteiger partial charge in [0.1, 0.15) is 6.29 Å². The van der Waals surface area contributed by atoms with Crippen molar-refractivity contribution in [1.29, 1.82) is 0 Å². The molecule has 0 saturated heterocycles. The lowest BCUT2D eigenvalue weighted by atomic mass is 10.0. The van der Waals surface area contributed by atoms with Gasteiger partial charge in [-0.3, -0.25) is 4.79 Å². The van der Waals surface area contributed by atoms with Crippen LogP contribution in [0.1, 0.15) is 42.1 Å². The van der Waals surface area contributed by atoms with E-state index < -0.39 is 5.82 Å². The van der Waals surface area contributed by atoms with Crippen molar-refractivity contribution in [2.75, 3.05) is 7.11 Å². The first-order chi connectivity index (χ1) is 7.74. The van der Waals surface area contributed by atoms with Crippen LogP contribution in [0.3, 0.4) is 0 Å². The Kier molecular flexibility index (Phi) is 4.96. The lowest BCUT2D eigenvalue weighted by Gasteiger charge is -2.09. The first-order valence-electron chi connectivity index (χ1n) is 5.55. The Morgan fingerprint density at radius 1 is 1.38 bits per heavy atom. The Bertz CT molecular complexity index is 361. The van der Waals surface area contributed by atoms with Gasteiger partial charge in [0.15, 0.2) is 11.6 Å². The standard InChI is InChI=1S/C13H17FO2/c1-3-4-5-6-11-10(9-15)7-8-12(16-2)13(11)14/h7-9H,3-6H2,1-2H3. The molecule has 0 aromatic heterocycles. The predicted molar refractivity (Wildman–Crippen MR) is 61.6 cm³/mol. The summed E-state index contributed by atoms with van der Waals surface area (Å²) in [5, 5.41) is 0. The third-order valence-electron chi connectivity index (χ3n) is 2.62. The Hall–Kier alpha value is -1.38. The predicted octanol–water partition coefficient (Wildman–Crippen LogP) is 3.38. The van der Waals surface area contributed by atoms with Crippen molar-refractivity contribution in [1.82, 2.24) is 0 Å². The number of unbranched alkanes of at least 4 members (excludes halogenated alkanes) is 2. The molecular weight excluding hydrogens is 207 g/mol. The van der Waals surface area contributed by atoms with Crippen LogP contribution < -0.4 is 4.74 Å². The van der Waals surface area contributed by atoms with E-state index >= 15 is 0 Å². The van der Waals surface area contributed by atoms with Gasteiger partial charge in [0.05, 0.1) is 7.11 Å². The summed E-state index contributed by atoms with van der Waals surface area (Å²) in [6.07, 6.45) is 4.28. The molecule has 0 aliphatic rings. The van der Waals surface area contributed by atoms with Crippen LogP contribution in [-0.2, 0) is 6.42 Å². The average Bonchev–Trinajstić information content (AvgIpc) is 2.31. The summed E-state index contributed by atoms with van der Waals surface area (Å²) < 4.78 is 18.8. The summed E-state index contributed by atoms with van der Waals surface area (Å²) in [5.74, 6) is -0.194. The molecule has 0 spiro atoms. The largest absolute Gasteiger partial charge is 0.494 e. The SMILES string of the molecule is CCCCCc1c(C=O)ccc(OC)c1F. The van der Waals surface area contributed by atoms with E-state index in [0.717, 1.165) is 19.3 Å². The fraction of sp³-hybridized carbons (Fsp3) is 0.462. The van der Waals surface area contributed by atoms with Gasteiger partial charge in [0.25, 0.3) is 0 Å². The van der Waals surface area contributed by atoms with Crippen LogP contribution >= 0.6 is 0 Å². The second-order valence-corrected chi connectivity index (χ2v) is 3.72. The van der Waals surface area contributed by atoms with E-state index in [1.165, 1.54) is 13.2 Å². The van der Waals surface area contributed by atoms with E-state index in [9.17, 15) is 9.18 Å². The van der Waals surface area contributed by atoms with Gasteiger partial charge in [-0.15, -0.1) is 0 Å². The van der Waals surface area contributed by atoms with Gasteiger partial charge in [-0.25, -0.2) is 4.39 Å². The number of ether oxygens (including phenoxy) is 1. The van der Waals surface area contributed by atoms with Crippen LogP contribution in [0.15, 0.2) is 12.1 Å². The molecule has 0 atom stereocenters. The minimum absolute atomic E-state index is 0.206. The summed E-state index contributed by atoms with van der Waals surface area (Å²) >= 11 is 0. The molecule has 0 aliphatic carbocycles. The summed E-state index contributed by atoms with van der Waals surface area (Å²) in [5.41, 5.74) is 0.900. The topological polar surface area (TPSA) is 26.3 Å². The third kappa shape index (κ3) is 2.81. The highest BCUT2D eigenvalue weighted by Crippen LogP contribution is 2.24. The number of carbonyl (C=O) groups excluding carboxylic acids is 1. The summed E-state index contributed by atoms with van der Waals surface area (Å²) in [7, 11) is 1.43. The highest BCUT2D eigenvalue weighted by Gasteiger charge is 2.12. The number of hydrogen-bond donors (Lipinski definition) is 0. The monoisotopic (exact) mass is 224 g/mol. The van der Waals surface area contributed by atoms with Crippen molar-refractivity contribution in [3.05, 3.63) is 29.1 Å². The maximum Gasteiger partial charge on any atom is 0.168 e. The van der Waals surface area contributed by atoms with Crippen LogP contribution in [0.2, 0.25) is 0 Å². The van der Waals surface area contributed by atoms with Crippen molar-refractivity contribution in [3.63, 3.8) is 0 Å². The zero-order valence-electron chi connectivity index (χ0n) is 9.75. The van der Waals surface area contributed by atoms with Gasteiger partial charge in [-0.1, -0.05) is 19.8 Å². The molecule has 0 heterocycles. The molecule has 0 fully saturated rings. The lowest BCUT2D eigenvalue weighted by molar-refractivity contribution is 0.112. The minimum Gasteiger partial charge on any atom is -0.494 e. The fourth-order valence-corrected chi connectivity index (χ4v) is 1.69. The molecule has 1 rings (SSSR count). The van der Waals surface area contributed by atoms with Crippen molar-refractivity contribution >= 4 is 6.29 Å². The molecule has 0 bridgehead atoms. The Balaban J connectivity index is 2.96. The number of aldehydes is 1. The van der Waals surface area contributed by atoms with Gasteiger partial charge < -0.3 is 4.74 Å². The number of methoxy groups -OCH3 is 1. The van der Waals surface area contributed by atoms with E-state index in [1.54, 1.807) is 6.07 Å². The number of hydrogen-bond acceptors (Lipinski definition) is 2. The average molecular weight is 224 g/mol. The summed E-state index contributed by atoms with van der Waals surface area (Å²) in [6, 6.07) is 3.10. The number of benzene rings is 1. The molecule has 0 N–H and O–H groups in total. The second kappa shape index (κ2) is 6.26. The molecule has 0 unspecified atom stereocenters. The zero-order valence-corrected chi connectivity index (χ0v) is 9.75. The van der Waals surface area contributed by atoms with Crippen LogP contribution in [-0.4, -0.2) is 13.4 Å². The molecule has 3 heteroatoms. The second-order valence-electron chi connectivity index (χ2n) is 3.72. The third-order valence-corrected chi connectivity index (χ3v) is 2.62. The van der Waals surface area contributed by atoms with E-state index in [1.807, 2.05) is 0 Å².